The van der Waals surface area contributed by atoms with Crippen LogP contribution in [0.25, 0.3) is 10.2 Å². The molecule has 0 saturated heterocycles. The van der Waals surface area contributed by atoms with E-state index in [1.807, 2.05) is 0 Å². The van der Waals surface area contributed by atoms with Crippen molar-refractivity contribution in [1.82, 2.24) is 4.98 Å². The predicted octanol–water partition coefficient (Wildman–Crippen LogP) is 3.82. The molecular formula is C13H16N2S. The normalized spacial score (nSPS) is 15.6. The largest absolute Gasteiger partial charge is 0.361 e. The number of rotatable bonds is 4. The van der Waals surface area contributed by atoms with Crippen LogP contribution < -0.4 is 5.32 Å². The lowest BCUT2D eigenvalue weighted by atomic mass is 10.2. The van der Waals surface area contributed by atoms with Gasteiger partial charge in [0.2, 0.25) is 0 Å². The zero-order valence-electron chi connectivity index (χ0n) is 9.49. The third-order valence-corrected chi connectivity index (χ3v) is 4.05. The van der Waals surface area contributed by atoms with Crippen LogP contribution in [0, 0.1) is 12.8 Å². The summed E-state index contributed by atoms with van der Waals surface area (Å²) in [6, 6.07) is 6.43. The van der Waals surface area contributed by atoms with Gasteiger partial charge in [0.15, 0.2) is 5.13 Å². The summed E-state index contributed by atoms with van der Waals surface area (Å²) in [5.74, 6) is 0.990. The molecule has 1 aromatic carbocycles. The first-order valence-electron chi connectivity index (χ1n) is 5.92. The molecule has 0 amide bonds. The molecule has 0 unspecified atom stereocenters. The Bertz CT molecular complexity index is 500. The predicted molar refractivity (Wildman–Crippen MR) is 70.2 cm³/mol. The maximum Gasteiger partial charge on any atom is 0.183 e. The summed E-state index contributed by atoms with van der Waals surface area (Å²) in [7, 11) is 0. The van der Waals surface area contributed by atoms with E-state index in [2.05, 4.69) is 35.4 Å². The van der Waals surface area contributed by atoms with Gasteiger partial charge in [-0.1, -0.05) is 30.2 Å². The van der Waals surface area contributed by atoms with Crippen molar-refractivity contribution in [3.63, 3.8) is 0 Å². The summed E-state index contributed by atoms with van der Waals surface area (Å²) in [6.07, 6.45) is 4.16. The van der Waals surface area contributed by atoms with Crippen LogP contribution in [0.15, 0.2) is 18.2 Å². The van der Waals surface area contributed by atoms with Gasteiger partial charge in [0.25, 0.3) is 0 Å². The lowest BCUT2D eigenvalue weighted by molar-refractivity contribution is 0.760. The van der Waals surface area contributed by atoms with Crippen molar-refractivity contribution in [1.29, 1.82) is 0 Å². The van der Waals surface area contributed by atoms with Gasteiger partial charge >= 0.3 is 0 Å². The number of aromatic nitrogens is 1. The number of aryl methyl sites for hydroxylation is 1. The fourth-order valence-electron chi connectivity index (χ4n) is 1.90. The highest BCUT2D eigenvalue weighted by molar-refractivity contribution is 7.22. The van der Waals surface area contributed by atoms with Crippen molar-refractivity contribution in [2.24, 2.45) is 5.92 Å². The molecule has 3 rings (SSSR count). The first kappa shape index (κ1) is 10.1. The highest BCUT2D eigenvalue weighted by Crippen LogP contribution is 2.32. The van der Waals surface area contributed by atoms with Crippen LogP contribution in [-0.2, 0) is 0 Å². The highest BCUT2D eigenvalue weighted by Gasteiger charge is 2.20. The molecule has 1 aliphatic carbocycles. The topological polar surface area (TPSA) is 24.9 Å². The molecule has 2 aromatic rings. The second-order valence-electron chi connectivity index (χ2n) is 4.65. The highest BCUT2D eigenvalue weighted by atomic mass is 32.1. The molecule has 1 aromatic heterocycles. The summed E-state index contributed by atoms with van der Waals surface area (Å²) >= 11 is 1.76. The first-order chi connectivity index (χ1) is 7.81. The van der Waals surface area contributed by atoms with Crippen molar-refractivity contribution >= 4 is 26.7 Å². The summed E-state index contributed by atoms with van der Waals surface area (Å²) in [6.45, 7) is 3.20. The molecule has 84 valence electrons. The van der Waals surface area contributed by atoms with Crippen LogP contribution >= 0.6 is 11.3 Å². The number of thiazole rings is 1. The molecule has 0 spiro atoms. The summed E-state index contributed by atoms with van der Waals surface area (Å²) in [4.78, 5) is 4.58. The van der Waals surface area contributed by atoms with Gasteiger partial charge in [-0.3, -0.25) is 0 Å². The van der Waals surface area contributed by atoms with Gasteiger partial charge in [-0.15, -0.1) is 0 Å². The van der Waals surface area contributed by atoms with Crippen LogP contribution in [0.4, 0.5) is 5.13 Å². The molecule has 2 nitrogen and oxygen atoms in total. The minimum absolute atomic E-state index is 0.990. The van der Waals surface area contributed by atoms with E-state index >= 15 is 0 Å². The van der Waals surface area contributed by atoms with E-state index in [0.717, 1.165) is 23.1 Å². The van der Waals surface area contributed by atoms with Crippen LogP contribution in [-0.4, -0.2) is 11.5 Å². The SMILES string of the molecule is Cc1ccc2nc(NCCC3CC3)sc2c1. The fraction of sp³-hybridized carbons (Fsp3) is 0.462. The van der Waals surface area contributed by atoms with E-state index in [-0.39, 0.29) is 0 Å². The Kier molecular flexibility index (Phi) is 2.56. The average molecular weight is 232 g/mol. The summed E-state index contributed by atoms with van der Waals surface area (Å²) in [5.41, 5.74) is 2.42. The Labute approximate surface area is 99.7 Å². The Morgan fingerprint density at radius 2 is 2.31 bits per heavy atom. The average Bonchev–Trinajstić information content (AvgIpc) is 2.98. The van der Waals surface area contributed by atoms with E-state index in [1.165, 1.54) is 29.5 Å². The van der Waals surface area contributed by atoms with E-state index in [0.29, 0.717) is 0 Å². The third-order valence-electron chi connectivity index (χ3n) is 3.07. The monoisotopic (exact) mass is 232 g/mol. The van der Waals surface area contributed by atoms with E-state index in [9.17, 15) is 0 Å². The zero-order valence-corrected chi connectivity index (χ0v) is 10.3. The van der Waals surface area contributed by atoms with Crippen molar-refractivity contribution < 1.29 is 0 Å². The number of hydrogen-bond acceptors (Lipinski definition) is 3. The van der Waals surface area contributed by atoms with Crippen LogP contribution in [0.5, 0.6) is 0 Å². The molecule has 1 aliphatic rings. The van der Waals surface area contributed by atoms with Crippen molar-refractivity contribution in [3.8, 4) is 0 Å². The number of fused-ring (bicyclic) bond motifs is 1. The molecule has 1 fully saturated rings. The summed E-state index contributed by atoms with van der Waals surface area (Å²) < 4.78 is 1.29. The molecule has 1 saturated carbocycles. The van der Waals surface area contributed by atoms with E-state index in [4.69, 9.17) is 0 Å². The van der Waals surface area contributed by atoms with Crippen molar-refractivity contribution in [2.45, 2.75) is 26.2 Å². The molecule has 0 atom stereocenters. The smallest absolute Gasteiger partial charge is 0.183 e. The number of nitrogens with one attached hydrogen (secondary N) is 1. The number of anilines is 1. The molecule has 3 heteroatoms. The van der Waals surface area contributed by atoms with Crippen molar-refractivity contribution in [2.75, 3.05) is 11.9 Å². The van der Waals surface area contributed by atoms with E-state index in [1.54, 1.807) is 11.3 Å². The molecule has 0 bridgehead atoms. The minimum Gasteiger partial charge on any atom is -0.361 e. The second kappa shape index (κ2) is 4.06. The standard InChI is InChI=1S/C13H16N2S/c1-9-2-5-11-12(8-9)16-13(15-11)14-7-6-10-3-4-10/h2,5,8,10H,3-4,6-7H2,1H3,(H,14,15). The maximum atomic E-state index is 4.58. The second-order valence-corrected chi connectivity index (χ2v) is 5.68. The van der Waals surface area contributed by atoms with Gasteiger partial charge in [-0.05, 0) is 37.0 Å². The Morgan fingerprint density at radius 1 is 1.44 bits per heavy atom. The zero-order chi connectivity index (χ0) is 11.0. The molecular weight excluding hydrogens is 216 g/mol. The van der Waals surface area contributed by atoms with Crippen LogP contribution in [0.3, 0.4) is 0 Å². The van der Waals surface area contributed by atoms with Crippen LogP contribution in [0.2, 0.25) is 0 Å². The van der Waals surface area contributed by atoms with Crippen LogP contribution in [0.1, 0.15) is 24.8 Å². The van der Waals surface area contributed by atoms with Gasteiger partial charge in [0.1, 0.15) is 0 Å². The van der Waals surface area contributed by atoms with Gasteiger partial charge in [-0.25, -0.2) is 4.98 Å². The maximum absolute atomic E-state index is 4.58. The Hall–Kier alpha value is -1.09. The van der Waals surface area contributed by atoms with Crippen molar-refractivity contribution in [3.05, 3.63) is 23.8 Å². The first-order valence-corrected chi connectivity index (χ1v) is 6.74. The minimum atomic E-state index is 0.990. The lowest BCUT2D eigenvalue weighted by Crippen LogP contribution is -2.01. The van der Waals surface area contributed by atoms with Gasteiger partial charge < -0.3 is 5.32 Å². The van der Waals surface area contributed by atoms with Gasteiger partial charge in [0, 0.05) is 6.54 Å². The molecule has 0 aliphatic heterocycles. The summed E-state index contributed by atoms with van der Waals surface area (Å²) in [5, 5.41) is 4.50. The van der Waals surface area contributed by atoms with Gasteiger partial charge in [-0.2, -0.15) is 0 Å². The molecule has 1 heterocycles. The lowest BCUT2D eigenvalue weighted by Gasteiger charge is -1.99. The van der Waals surface area contributed by atoms with E-state index < -0.39 is 0 Å². The quantitative estimate of drug-likeness (QED) is 0.867. The number of benzene rings is 1. The molecule has 16 heavy (non-hydrogen) atoms. The number of hydrogen-bond donors (Lipinski definition) is 1. The van der Waals surface area contributed by atoms with Gasteiger partial charge in [0.05, 0.1) is 10.2 Å². The molecule has 1 N–H and O–H groups in total. The number of nitrogens with zero attached hydrogens (tertiary/aromatic N) is 1. The third kappa shape index (κ3) is 2.19. The molecule has 0 radical (unpaired) electrons. The Balaban J connectivity index is 1.71. The fourth-order valence-corrected chi connectivity index (χ4v) is 2.89. The Morgan fingerprint density at radius 3 is 3.12 bits per heavy atom.